The van der Waals surface area contributed by atoms with Crippen LogP contribution in [0, 0.1) is 0 Å². The van der Waals surface area contributed by atoms with Crippen molar-refractivity contribution in [2.24, 2.45) is 0 Å². The summed E-state index contributed by atoms with van der Waals surface area (Å²) in [5.41, 5.74) is 0.500. The third-order valence-corrected chi connectivity index (χ3v) is 3.46. The number of hydrogen-bond donors (Lipinski definition) is 1. The van der Waals surface area contributed by atoms with Crippen molar-refractivity contribution < 1.29 is 18.7 Å². The van der Waals surface area contributed by atoms with E-state index < -0.39 is 0 Å². The first-order valence-corrected chi connectivity index (χ1v) is 7.68. The number of hydrogen-bond acceptors (Lipinski definition) is 4. The number of furan rings is 1. The number of amides is 2. The lowest BCUT2D eigenvalue weighted by molar-refractivity contribution is -0.121. The van der Waals surface area contributed by atoms with Gasteiger partial charge in [-0.05, 0) is 25.8 Å². The highest BCUT2D eigenvalue weighted by atomic mass is 16.5. The minimum absolute atomic E-state index is 0.0360. The Labute approximate surface area is 131 Å². The van der Waals surface area contributed by atoms with Crippen molar-refractivity contribution in [1.29, 1.82) is 0 Å². The molecule has 1 unspecified atom stereocenters. The molecule has 0 spiro atoms. The molecule has 0 aromatic carbocycles. The van der Waals surface area contributed by atoms with E-state index in [0.717, 1.165) is 12.8 Å². The molecule has 0 fully saturated rings. The molecule has 0 aliphatic carbocycles. The van der Waals surface area contributed by atoms with Gasteiger partial charge in [0.2, 0.25) is 5.91 Å². The van der Waals surface area contributed by atoms with Crippen molar-refractivity contribution in [3.05, 3.63) is 24.2 Å². The Kier molecular flexibility index (Phi) is 8.28. The molecule has 0 saturated heterocycles. The standard InChI is InChI=1S/C16H26N2O4/c1-4-13(2)17-15(19)6-9-18(8-5-10-21-3)16(20)14-7-11-22-12-14/h7,11-13H,4-6,8-10H2,1-3H3,(H,17,19). The first kappa shape index (κ1) is 18.2. The van der Waals surface area contributed by atoms with Gasteiger partial charge in [0, 0.05) is 39.3 Å². The molecule has 0 bridgehead atoms. The van der Waals surface area contributed by atoms with E-state index in [1.54, 1.807) is 18.1 Å². The van der Waals surface area contributed by atoms with Crippen LogP contribution in [0.5, 0.6) is 0 Å². The molecule has 2 amide bonds. The van der Waals surface area contributed by atoms with Crippen molar-refractivity contribution in [3.8, 4) is 0 Å². The zero-order valence-electron chi connectivity index (χ0n) is 13.6. The maximum Gasteiger partial charge on any atom is 0.257 e. The van der Waals surface area contributed by atoms with Gasteiger partial charge in [0.1, 0.15) is 6.26 Å². The molecule has 0 aliphatic heterocycles. The number of nitrogens with zero attached hydrogens (tertiary/aromatic N) is 1. The molecule has 6 heteroatoms. The van der Waals surface area contributed by atoms with Crippen LogP contribution in [-0.2, 0) is 9.53 Å². The monoisotopic (exact) mass is 310 g/mol. The molecule has 0 aliphatic rings. The average Bonchev–Trinajstić information content (AvgIpc) is 3.04. The summed E-state index contributed by atoms with van der Waals surface area (Å²) in [5.74, 6) is -0.160. The van der Waals surface area contributed by atoms with Crippen molar-refractivity contribution >= 4 is 11.8 Å². The second kappa shape index (κ2) is 10.00. The predicted molar refractivity (Wildman–Crippen MR) is 83.6 cm³/mol. The van der Waals surface area contributed by atoms with E-state index in [2.05, 4.69) is 5.32 Å². The Morgan fingerprint density at radius 2 is 2.18 bits per heavy atom. The smallest absolute Gasteiger partial charge is 0.257 e. The molecular weight excluding hydrogens is 284 g/mol. The van der Waals surface area contributed by atoms with Crippen LogP contribution in [0.15, 0.2) is 23.0 Å². The van der Waals surface area contributed by atoms with Crippen LogP contribution < -0.4 is 5.32 Å². The molecule has 22 heavy (non-hydrogen) atoms. The van der Waals surface area contributed by atoms with Gasteiger partial charge < -0.3 is 19.4 Å². The van der Waals surface area contributed by atoms with Crippen LogP contribution in [0.2, 0.25) is 0 Å². The van der Waals surface area contributed by atoms with Crippen LogP contribution >= 0.6 is 0 Å². The van der Waals surface area contributed by atoms with Crippen molar-refractivity contribution in [3.63, 3.8) is 0 Å². The van der Waals surface area contributed by atoms with E-state index in [1.165, 1.54) is 12.5 Å². The molecule has 6 nitrogen and oxygen atoms in total. The van der Waals surface area contributed by atoms with Crippen molar-refractivity contribution in [1.82, 2.24) is 10.2 Å². The molecule has 1 heterocycles. The molecule has 1 rings (SSSR count). The van der Waals surface area contributed by atoms with E-state index >= 15 is 0 Å². The molecule has 0 radical (unpaired) electrons. The van der Waals surface area contributed by atoms with Gasteiger partial charge in [-0.15, -0.1) is 0 Å². The van der Waals surface area contributed by atoms with Crippen LogP contribution in [-0.4, -0.2) is 49.6 Å². The van der Waals surface area contributed by atoms with Gasteiger partial charge >= 0.3 is 0 Å². The lowest BCUT2D eigenvalue weighted by Gasteiger charge is -2.22. The molecular formula is C16H26N2O4. The molecule has 1 atom stereocenters. The highest BCUT2D eigenvalue weighted by Gasteiger charge is 2.18. The molecule has 0 saturated carbocycles. The van der Waals surface area contributed by atoms with Gasteiger partial charge in [-0.1, -0.05) is 6.92 Å². The van der Waals surface area contributed by atoms with Gasteiger partial charge in [-0.3, -0.25) is 9.59 Å². The fourth-order valence-electron chi connectivity index (χ4n) is 1.97. The summed E-state index contributed by atoms with van der Waals surface area (Å²) in [6, 6.07) is 1.78. The Hall–Kier alpha value is -1.82. The third kappa shape index (κ3) is 6.30. The Bertz CT molecular complexity index is 445. The summed E-state index contributed by atoms with van der Waals surface area (Å²) >= 11 is 0. The molecule has 1 aromatic rings. The van der Waals surface area contributed by atoms with E-state index in [4.69, 9.17) is 9.15 Å². The van der Waals surface area contributed by atoms with Gasteiger partial charge in [0.15, 0.2) is 0 Å². The highest BCUT2D eigenvalue weighted by molar-refractivity contribution is 5.94. The zero-order chi connectivity index (χ0) is 16.4. The Morgan fingerprint density at radius 3 is 2.77 bits per heavy atom. The first-order chi connectivity index (χ1) is 10.6. The Morgan fingerprint density at radius 1 is 1.41 bits per heavy atom. The van der Waals surface area contributed by atoms with Crippen LogP contribution in [0.1, 0.15) is 43.5 Å². The number of carbonyl (C=O) groups is 2. The normalized spacial score (nSPS) is 12.0. The number of ether oxygens (including phenoxy) is 1. The molecule has 1 aromatic heterocycles. The summed E-state index contributed by atoms with van der Waals surface area (Å²) in [6.07, 6.45) is 4.80. The van der Waals surface area contributed by atoms with Gasteiger partial charge in [-0.2, -0.15) is 0 Å². The lowest BCUT2D eigenvalue weighted by Crippen LogP contribution is -2.38. The maximum absolute atomic E-state index is 12.4. The fourth-order valence-corrected chi connectivity index (χ4v) is 1.97. The van der Waals surface area contributed by atoms with Crippen LogP contribution in [0.3, 0.4) is 0 Å². The van der Waals surface area contributed by atoms with Gasteiger partial charge in [0.05, 0.1) is 11.8 Å². The summed E-state index contributed by atoms with van der Waals surface area (Å²) in [6.45, 7) is 5.49. The molecule has 124 valence electrons. The SMILES string of the molecule is CCC(C)NC(=O)CCN(CCCOC)C(=O)c1ccoc1. The summed E-state index contributed by atoms with van der Waals surface area (Å²) in [7, 11) is 1.63. The summed E-state index contributed by atoms with van der Waals surface area (Å²) < 4.78 is 9.97. The van der Waals surface area contributed by atoms with Crippen LogP contribution in [0.25, 0.3) is 0 Å². The van der Waals surface area contributed by atoms with Crippen molar-refractivity contribution in [2.75, 3.05) is 26.8 Å². The number of methoxy groups -OCH3 is 1. The lowest BCUT2D eigenvalue weighted by atomic mass is 10.2. The fraction of sp³-hybridized carbons (Fsp3) is 0.625. The number of nitrogens with one attached hydrogen (secondary N) is 1. The zero-order valence-corrected chi connectivity index (χ0v) is 13.6. The van der Waals surface area contributed by atoms with Crippen LogP contribution in [0.4, 0.5) is 0 Å². The topological polar surface area (TPSA) is 71.8 Å². The second-order valence-electron chi connectivity index (χ2n) is 5.28. The van der Waals surface area contributed by atoms with E-state index in [9.17, 15) is 9.59 Å². The largest absolute Gasteiger partial charge is 0.472 e. The van der Waals surface area contributed by atoms with Gasteiger partial charge in [-0.25, -0.2) is 0 Å². The van der Waals surface area contributed by atoms with E-state index in [-0.39, 0.29) is 17.9 Å². The summed E-state index contributed by atoms with van der Waals surface area (Å²) in [4.78, 5) is 25.9. The first-order valence-electron chi connectivity index (χ1n) is 7.68. The average molecular weight is 310 g/mol. The summed E-state index contributed by atoms with van der Waals surface area (Å²) in [5, 5.41) is 2.91. The Balaban J connectivity index is 2.54. The number of carbonyl (C=O) groups excluding carboxylic acids is 2. The highest BCUT2D eigenvalue weighted by Crippen LogP contribution is 2.07. The molecule has 1 N–H and O–H groups in total. The van der Waals surface area contributed by atoms with E-state index in [1.807, 2.05) is 13.8 Å². The number of rotatable bonds is 10. The van der Waals surface area contributed by atoms with Crippen molar-refractivity contribution in [2.45, 2.75) is 39.2 Å². The van der Waals surface area contributed by atoms with Gasteiger partial charge in [0.25, 0.3) is 5.91 Å². The maximum atomic E-state index is 12.4. The third-order valence-electron chi connectivity index (χ3n) is 3.46. The second-order valence-corrected chi connectivity index (χ2v) is 5.28. The van der Waals surface area contributed by atoms with E-state index in [0.29, 0.717) is 31.7 Å². The minimum atomic E-state index is -0.124. The quantitative estimate of drug-likeness (QED) is 0.672. The predicted octanol–water partition coefficient (Wildman–Crippen LogP) is 2.06. The minimum Gasteiger partial charge on any atom is -0.472 e.